The van der Waals surface area contributed by atoms with E-state index in [9.17, 15) is 4.79 Å². The molecule has 2 heterocycles. The van der Waals surface area contributed by atoms with Gasteiger partial charge in [0.15, 0.2) is 5.82 Å². The number of carbonyl (C=O) groups is 1. The van der Waals surface area contributed by atoms with Crippen molar-refractivity contribution in [2.45, 2.75) is 130 Å². The first kappa shape index (κ1) is 32.5. The van der Waals surface area contributed by atoms with Crippen LogP contribution in [0.15, 0.2) is 48.5 Å². The fourth-order valence-corrected chi connectivity index (χ4v) is 5.96. The number of nitrogens with two attached hydrogens (primary N) is 1. The molecule has 2 aromatic carbocycles. The van der Waals surface area contributed by atoms with Crippen LogP contribution in [0.5, 0.6) is 0 Å². The zero-order valence-electron chi connectivity index (χ0n) is 27.3. The van der Waals surface area contributed by atoms with Gasteiger partial charge in [0.1, 0.15) is 11.3 Å². The average molecular weight is 584 g/mol. The highest BCUT2D eigenvalue weighted by atomic mass is 16.2. The smallest absolute Gasteiger partial charge is 0.223 e. The number of aromatic nitrogens is 3. The number of anilines is 1. The molecule has 0 aliphatic heterocycles. The van der Waals surface area contributed by atoms with E-state index in [1.54, 1.807) is 0 Å². The number of rotatable bonds is 16. The summed E-state index contributed by atoms with van der Waals surface area (Å²) in [5, 5.41) is 1.08. The molecule has 0 radical (unpaired) electrons. The van der Waals surface area contributed by atoms with Gasteiger partial charge in [0, 0.05) is 36.9 Å². The van der Waals surface area contributed by atoms with Gasteiger partial charge in [0.2, 0.25) is 5.91 Å². The third kappa shape index (κ3) is 8.58. The zero-order valence-corrected chi connectivity index (χ0v) is 27.3. The Bertz CT molecular complexity index is 1460. The quantitative estimate of drug-likeness (QED) is 0.133. The summed E-state index contributed by atoms with van der Waals surface area (Å²) in [5.41, 5.74) is 11.3. The first-order valence-electron chi connectivity index (χ1n) is 16.6. The summed E-state index contributed by atoms with van der Waals surface area (Å²) in [4.78, 5) is 25.0. The number of nitrogens with zero attached hydrogens (tertiary/aromatic N) is 4. The molecule has 0 saturated heterocycles. The number of unbranched alkanes of at least 4 members (excludes halogenated alkanes) is 8. The molecule has 0 atom stereocenters. The standard InChI is InChI=1S/C37H53N5O/c1-6-8-10-11-12-13-14-15-21-33(43)42(37(3,4)5)27-29-24-22-28(23-25-29)26-41-32(20-9-7-2)40-34-35(41)30-18-16-17-19-31(30)39-36(34)38/h16-19,22-25H,6-15,20-21,26-27H2,1-5H3,(H2,38,39). The molecular formula is C37H53N5O. The predicted molar refractivity (Wildman–Crippen MR) is 181 cm³/mol. The van der Waals surface area contributed by atoms with Crippen LogP contribution < -0.4 is 5.73 Å². The zero-order chi connectivity index (χ0) is 30.8. The number of benzene rings is 2. The van der Waals surface area contributed by atoms with Crippen LogP contribution in [0.1, 0.15) is 122 Å². The van der Waals surface area contributed by atoms with Crippen LogP contribution in [0, 0.1) is 0 Å². The Labute approximate surface area is 259 Å². The number of pyridine rings is 1. The van der Waals surface area contributed by atoms with Crippen LogP contribution in [0.3, 0.4) is 0 Å². The molecule has 43 heavy (non-hydrogen) atoms. The number of carbonyl (C=O) groups excluding carboxylic acids is 1. The Hall–Kier alpha value is -3.41. The van der Waals surface area contributed by atoms with Gasteiger partial charge in [-0.05, 0) is 50.8 Å². The van der Waals surface area contributed by atoms with Crippen LogP contribution in [0.4, 0.5) is 5.82 Å². The Morgan fingerprint density at radius 2 is 1.44 bits per heavy atom. The maximum Gasteiger partial charge on any atom is 0.223 e. The van der Waals surface area contributed by atoms with Gasteiger partial charge in [-0.1, -0.05) is 108 Å². The van der Waals surface area contributed by atoms with Gasteiger partial charge in [0.05, 0.1) is 11.0 Å². The van der Waals surface area contributed by atoms with Crippen LogP contribution in [-0.4, -0.2) is 30.9 Å². The highest BCUT2D eigenvalue weighted by molar-refractivity contribution is 6.06. The third-order valence-electron chi connectivity index (χ3n) is 8.50. The topological polar surface area (TPSA) is 77.0 Å². The summed E-state index contributed by atoms with van der Waals surface area (Å²) in [7, 11) is 0. The van der Waals surface area contributed by atoms with Crippen molar-refractivity contribution in [3.63, 3.8) is 0 Å². The summed E-state index contributed by atoms with van der Waals surface area (Å²) < 4.78 is 2.33. The molecule has 0 unspecified atom stereocenters. The van der Waals surface area contributed by atoms with Gasteiger partial charge in [-0.15, -0.1) is 0 Å². The van der Waals surface area contributed by atoms with E-state index >= 15 is 0 Å². The van der Waals surface area contributed by atoms with Crippen molar-refractivity contribution < 1.29 is 4.79 Å². The average Bonchev–Trinajstić information content (AvgIpc) is 3.35. The van der Waals surface area contributed by atoms with Crippen molar-refractivity contribution in [1.82, 2.24) is 19.4 Å². The molecule has 4 aromatic rings. The SMILES string of the molecule is CCCCCCCCCCC(=O)N(Cc1ccc(Cn2c(CCCC)nc3c(N)nc4ccccc4c32)cc1)C(C)(C)C. The van der Waals surface area contributed by atoms with Crippen LogP contribution in [0.25, 0.3) is 21.9 Å². The summed E-state index contributed by atoms with van der Waals surface area (Å²) in [6.45, 7) is 12.2. The first-order chi connectivity index (χ1) is 20.7. The van der Waals surface area contributed by atoms with E-state index in [0.29, 0.717) is 25.3 Å². The molecule has 232 valence electrons. The van der Waals surface area contributed by atoms with Crippen LogP contribution >= 0.6 is 0 Å². The largest absolute Gasteiger partial charge is 0.382 e. The lowest BCUT2D eigenvalue weighted by molar-refractivity contribution is -0.136. The molecule has 0 fully saturated rings. The summed E-state index contributed by atoms with van der Waals surface area (Å²) >= 11 is 0. The van der Waals surface area contributed by atoms with E-state index < -0.39 is 0 Å². The van der Waals surface area contributed by atoms with E-state index in [0.717, 1.165) is 65.4 Å². The van der Waals surface area contributed by atoms with Crippen molar-refractivity contribution in [2.24, 2.45) is 0 Å². The first-order valence-corrected chi connectivity index (χ1v) is 16.6. The number of amides is 1. The number of fused-ring (bicyclic) bond motifs is 3. The normalized spacial score (nSPS) is 11.9. The lowest BCUT2D eigenvalue weighted by atomic mass is 10.0. The Morgan fingerprint density at radius 1 is 0.814 bits per heavy atom. The number of nitrogen functional groups attached to an aromatic ring is 1. The van der Waals surface area contributed by atoms with E-state index in [1.807, 2.05) is 12.1 Å². The molecule has 6 heteroatoms. The minimum atomic E-state index is -0.227. The van der Waals surface area contributed by atoms with Gasteiger partial charge < -0.3 is 15.2 Å². The maximum atomic E-state index is 13.3. The minimum absolute atomic E-state index is 0.227. The van der Waals surface area contributed by atoms with Gasteiger partial charge in [-0.25, -0.2) is 9.97 Å². The summed E-state index contributed by atoms with van der Waals surface area (Å²) in [5.74, 6) is 1.79. The minimum Gasteiger partial charge on any atom is -0.382 e. The van der Waals surface area contributed by atoms with Crippen LogP contribution in [-0.2, 0) is 24.3 Å². The third-order valence-corrected chi connectivity index (χ3v) is 8.50. The predicted octanol–water partition coefficient (Wildman–Crippen LogP) is 9.22. The Balaban J connectivity index is 1.47. The number of imidazole rings is 1. The van der Waals surface area contributed by atoms with Gasteiger partial charge in [0.25, 0.3) is 0 Å². The van der Waals surface area contributed by atoms with Crippen molar-refractivity contribution >= 4 is 33.7 Å². The van der Waals surface area contributed by atoms with E-state index in [-0.39, 0.29) is 11.4 Å². The van der Waals surface area contributed by atoms with Gasteiger partial charge in [-0.2, -0.15) is 0 Å². The fraction of sp³-hybridized carbons (Fsp3) is 0.541. The molecule has 6 nitrogen and oxygen atoms in total. The molecule has 2 aromatic heterocycles. The van der Waals surface area contributed by atoms with Crippen LogP contribution in [0.2, 0.25) is 0 Å². The molecule has 0 bridgehead atoms. The van der Waals surface area contributed by atoms with Gasteiger partial charge in [-0.3, -0.25) is 4.79 Å². The van der Waals surface area contributed by atoms with E-state index in [4.69, 9.17) is 10.7 Å². The van der Waals surface area contributed by atoms with E-state index in [2.05, 4.69) is 85.5 Å². The summed E-state index contributed by atoms with van der Waals surface area (Å²) in [6.07, 6.45) is 13.6. The van der Waals surface area contributed by atoms with Crippen molar-refractivity contribution in [1.29, 1.82) is 0 Å². The second-order valence-electron chi connectivity index (χ2n) is 13.1. The molecule has 0 spiro atoms. The molecule has 4 rings (SSSR count). The summed E-state index contributed by atoms with van der Waals surface area (Å²) in [6, 6.07) is 16.9. The maximum absolute atomic E-state index is 13.3. The fourth-order valence-electron chi connectivity index (χ4n) is 5.96. The second kappa shape index (κ2) is 15.4. The Morgan fingerprint density at radius 3 is 2.12 bits per heavy atom. The molecule has 0 aliphatic carbocycles. The molecular weight excluding hydrogens is 530 g/mol. The monoisotopic (exact) mass is 583 g/mol. The molecule has 2 N–H and O–H groups in total. The lowest BCUT2D eigenvalue weighted by Gasteiger charge is -2.36. The molecule has 0 aliphatic rings. The van der Waals surface area contributed by atoms with Gasteiger partial charge >= 0.3 is 0 Å². The lowest BCUT2D eigenvalue weighted by Crippen LogP contribution is -2.45. The molecule has 1 amide bonds. The Kier molecular flexibility index (Phi) is 11.6. The van der Waals surface area contributed by atoms with Crippen molar-refractivity contribution in [3.8, 4) is 0 Å². The van der Waals surface area contributed by atoms with Crippen molar-refractivity contribution in [2.75, 3.05) is 5.73 Å². The number of hydrogen-bond donors (Lipinski definition) is 1. The highest BCUT2D eigenvalue weighted by Gasteiger charge is 2.26. The number of aryl methyl sites for hydroxylation is 1. The van der Waals surface area contributed by atoms with E-state index in [1.165, 1.54) is 44.1 Å². The highest BCUT2D eigenvalue weighted by Crippen LogP contribution is 2.30. The molecule has 0 saturated carbocycles. The second-order valence-corrected chi connectivity index (χ2v) is 13.1. The number of para-hydroxylation sites is 1. The number of hydrogen-bond acceptors (Lipinski definition) is 4. The van der Waals surface area contributed by atoms with Crippen molar-refractivity contribution in [3.05, 3.63) is 65.5 Å².